The summed E-state index contributed by atoms with van der Waals surface area (Å²) in [5.74, 6) is -0.0159. The number of hydrogen-bond acceptors (Lipinski definition) is 5. The van der Waals surface area contributed by atoms with Crippen molar-refractivity contribution < 1.29 is 9.53 Å². The van der Waals surface area contributed by atoms with E-state index in [1.807, 2.05) is 78.9 Å². The fourth-order valence-electron chi connectivity index (χ4n) is 4.15. The maximum atomic E-state index is 13.6. The van der Waals surface area contributed by atoms with E-state index in [1.54, 1.807) is 10.6 Å². The van der Waals surface area contributed by atoms with Crippen molar-refractivity contribution in [1.82, 2.24) is 9.55 Å². The summed E-state index contributed by atoms with van der Waals surface area (Å²) in [6, 6.07) is 26.3. The first-order chi connectivity index (χ1) is 16.2. The van der Waals surface area contributed by atoms with Crippen molar-refractivity contribution in [3.05, 3.63) is 106 Å². The van der Waals surface area contributed by atoms with Gasteiger partial charge in [-0.05, 0) is 30.5 Å². The molecule has 0 saturated carbocycles. The number of carbonyl (C=O) groups excluding carboxylic acids is 1. The summed E-state index contributed by atoms with van der Waals surface area (Å²) < 4.78 is 7.51. The maximum Gasteiger partial charge on any atom is 0.262 e. The van der Waals surface area contributed by atoms with Crippen molar-refractivity contribution in [2.45, 2.75) is 35.9 Å². The smallest absolute Gasteiger partial charge is 0.262 e. The van der Waals surface area contributed by atoms with E-state index < -0.39 is 5.25 Å². The van der Waals surface area contributed by atoms with Gasteiger partial charge in [-0.25, -0.2) is 4.98 Å². The third-order valence-corrected chi connectivity index (χ3v) is 7.10. The molecule has 0 bridgehead atoms. The number of nitrogens with zero attached hydrogens (tertiary/aromatic N) is 2. The number of para-hydroxylation sites is 1. The highest BCUT2D eigenvalue weighted by Crippen LogP contribution is 2.37. The zero-order valence-electron chi connectivity index (χ0n) is 18.1. The number of carbonyl (C=O) groups is 1. The molecule has 1 aliphatic rings. The van der Waals surface area contributed by atoms with Crippen molar-refractivity contribution in [1.29, 1.82) is 0 Å². The van der Waals surface area contributed by atoms with Gasteiger partial charge in [-0.3, -0.25) is 14.2 Å². The summed E-state index contributed by atoms with van der Waals surface area (Å²) in [6.45, 7) is 1.14. The van der Waals surface area contributed by atoms with Crippen LogP contribution in [0.3, 0.4) is 0 Å². The molecule has 0 spiro atoms. The summed E-state index contributed by atoms with van der Waals surface area (Å²) in [7, 11) is 0. The van der Waals surface area contributed by atoms with Gasteiger partial charge in [0.2, 0.25) is 0 Å². The fraction of sp³-hybridized carbons (Fsp3) is 0.222. The Labute approximate surface area is 196 Å². The first kappa shape index (κ1) is 21.6. The molecule has 33 heavy (non-hydrogen) atoms. The molecule has 2 atom stereocenters. The minimum Gasteiger partial charge on any atom is -0.376 e. The molecular weight excluding hydrogens is 432 g/mol. The van der Waals surface area contributed by atoms with Crippen LogP contribution in [0.2, 0.25) is 0 Å². The molecular formula is C27H24N2O3S. The first-order valence-corrected chi connectivity index (χ1v) is 12.0. The second-order valence-electron chi connectivity index (χ2n) is 8.10. The third-order valence-electron chi connectivity index (χ3n) is 5.86. The van der Waals surface area contributed by atoms with E-state index in [9.17, 15) is 9.59 Å². The van der Waals surface area contributed by atoms with Crippen molar-refractivity contribution >= 4 is 28.4 Å². The molecule has 166 valence electrons. The Balaban J connectivity index is 1.61. The minimum atomic E-state index is -0.530. The summed E-state index contributed by atoms with van der Waals surface area (Å²) in [6.07, 6.45) is 1.88. The van der Waals surface area contributed by atoms with Gasteiger partial charge in [0.1, 0.15) is 5.25 Å². The van der Waals surface area contributed by atoms with E-state index in [4.69, 9.17) is 9.72 Å². The summed E-state index contributed by atoms with van der Waals surface area (Å²) in [5.41, 5.74) is 2.04. The largest absolute Gasteiger partial charge is 0.376 e. The molecule has 0 amide bonds. The molecule has 0 unspecified atom stereocenters. The molecule has 0 radical (unpaired) electrons. The van der Waals surface area contributed by atoms with Gasteiger partial charge in [0.05, 0.1) is 23.6 Å². The minimum absolute atomic E-state index is 0.0159. The van der Waals surface area contributed by atoms with E-state index in [0.29, 0.717) is 34.8 Å². The summed E-state index contributed by atoms with van der Waals surface area (Å²) in [4.78, 5) is 31.9. The first-order valence-electron chi connectivity index (χ1n) is 11.1. The Morgan fingerprint density at radius 3 is 2.42 bits per heavy atom. The van der Waals surface area contributed by atoms with Gasteiger partial charge in [-0.2, -0.15) is 0 Å². The standard InChI is InChI=1S/C27H24N2O3S/c30-24(19-10-3-1-4-11-19)25(20-12-5-2-6-13-20)33-27-28-23-16-8-7-15-22(23)26(31)29(27)18-21-14-9-17-32-21/h1-8,10-13,15-16,21,25H,9,14,17-18H2/t21-,25+/m0/s1. The Morgan fingerprint density at radius 1 is 1.00 bits per heavy atom. The monoisotopic (exact) mass is 456 g/mol. The molecule has 1 aliphatic heterocycles. The van der Waals surface area contributed by atoms with Crippen LogP contribution in [0.25, 0.3) is 10.9 Å². The van der Waals surface area contributed by atoms with Crippen LogP contribution >= 0.6 is 11.8 Å². The number of ether oxygens (including phenoxy) is 1. The van der Waals surface area contributed by atoms with E-state index >= 15 is 0 Å². The van der Waals surface area contributed by atoms with Gasteiger partial charge < -0.3 is 4.74 Å². The van der Waals surface area contributed by atoms with Gasteiger partial charge in [-0.1, -0.05) is 84.6 Å². The van der Waals surface area contributed by atoms with Crippen LogP contribution in [-0.4, -0.2) is 28.0 Å². The Hall–Kier alpha value is -3.22. The van der Waals surface area contributed by atoms with Crippen LogP contribution in [-0.2, 0) is 11.3 Å². The normalized spacial score (nSPS) is 16.7. The second-order valence-corrected chi connectivity index (χ2v) is 9.17. The molecule has 1 saturated heterocycles. The molecule has 0 N–H and O–H groups in total. The average molecular weight is 457 g/mol. The Morgan fingerprint density at radius 2 is 1.70 bits per heavy atom. The highest BCUT2D eigenvalue weighted by atomic mass is 32.2. The lowest BCUT2D eigenvalue weighted by molar-refractivity contribution is 0.0937. The average Bonchev–Trinajstić information content (AvgIpc) is 3.39. The second kappa shape index (κ2) is 9.73. The van der Waals surface area contributed by atoms with Gasteiger partial charge >= 0.3 is 0 Å². The molecule has 1 aromatic heterocycles. The quantitative estimate of drug-likeness (QED) is 0.215. The van der Waals surface area contributed by atoms with Crippen molar-refractivity contribution in [3.63, 3.8) is 0 Å². The van der Waals surface area contributed by atoms with Gasteiger partial charge in [0.15, 0.2) is 10.9 Å². The van der Waals surface area contributed by atoms with Crippen molar-refractivity contribution in [3.8, 4) is 0 Å². The van der Waals surface area contributed by atoms with Crippen LogP contribution in [0, 0.1) is 0 Å². The number of aromatic nitrogens is 2. The van der Waals surface area contributed by atoms with Crippen LogP contribution in [0.4, 0.5) is 0 Å². The number of ketones is 1. The van der Waals surface area contributed by atoms with Crippen molar-refractivity contribution in [2.24, 2.45) is 0 Å². The van der Waals surface area contributed by atoms with E-state index in [0.717, 1.165) is 18.4 Å². The predicted molar refractivity (Wildman–Crippen MR) is 131 cm³/mol. The highest BCUT2D eigenvalue weighted by Gasteiger charge is 2.27. The summed E-state index contributed by atoms with van der Waals surface area (Å²) >= 11 is 1.33. The number of hydrogen-bond donors (Lipinski definition) is 0. The Kier molecular flexibility index (Phi) is 6.37. The third kappa shape index (κ3) is 4.63. The highest BCUT2D eigenvalue weighted by molar-refractivity contribution is 8.00. The zero-order chi connectivity index (χ0) is 22.6. The van der Waals surface area contributed by atoms with Crippen molar-refractivity contribution in [2.75, 3.05) is 6.61 Å². The van der Waals surface area contributed by atoms with E-state index in [-0.39, 0.29) is 17.4 Å². The lowest BCUT2D eigenvalue weighted by atomic mass is 10.0. The van der Waals surface area contributed by atoms with Crippen LogP contribution in [0.5, 0.6) is 0 Å². The molecule has 5 rings (SSSR count). The van der Waals surface area contributed by atoms with E-state index in [1.165, 1.54) is 11.8 Å². The number of fused-ring (bicyclic) bond motifs is 1. The molecule has 6 heteroatoms. The molecule has 0 aliphatic carbocycles. The maximum absolute atomic E-state index is 13.6. The fourth-order valence-corrected chi connectivity index (χ4v) is 5.33. The molecule has 4 aromatic rings. The molecule has 5 nitrogen and oxygen atoms in total. The SMILES string of the molecule is O=C(c1ccccc1)[C@H](Sc1nc2ccccc2c(=O)n1C[C@@H]1CCCO1)c1ccccc1. The lowest BCUT2D eigenvalue weighted by Crippen LogP contribution is -2.29. The topological polar surface area (TPSA) is 61.2 Å². The van der Waals surface area contributed by atoms with Gasteiger partial charge in [0.25, 0.3) is 5.56 Å². The molecule has 1 fully saturated rings. The van der Waals surface area contributed by atoms with Crippen LogP contribution in [0.15, 0.2) is 94.9 Å². The number of rotatable bonds is 7. The number of thioether (sulfide) groups is 1. The number of benzene rings is 3. The van der Waals surface area contributed by atoms with Crippen LogP contribution < -0.4 is 5.56 Å². The van der Waals surface area contributed by atoms with Gasteiger partial charge in [-0.15, -0.1) is 0 Å². The predicted octanol–water partition coefficient (Wildman–Crippen LogP) is 5.29. The molecule has 3 aromatic carbocycles. The molecule has 2 heterocycles. The van der Waals surface area contributed by atoms with E-state index in [2.05, 4.69) is 0 Å². The number of Topliss-reactive ketones (excluding diaryl/α,β-unsaturated/α-hetero) is 1. The lowest BCUT2D eigenvalue weighted by Gasteiger charge is -2.20. The van der Waals surface area contributed by atoms with Crippen LogP contribution in [0.1, 0.15) is 34.0 Å². The zero-order valence-corrected chi connectivity index (χ0v) is 18.9. The summed E-state index contributed by atoms with van der Waals surface area (Å²) in [5, 5.41) is 0.579. The van der Waals surface area contributed by atoms with Gasteiger partial charge in [0, 0.05) is 12.2 Å². The Bertz CT molecular complexity index is 1320.